The Bertz CT molecular complexity index is 405. The monoisotopic (exact) mass is 339 g/mol. The van der Waals surface area contributed by atoms with Crippen molar-refractivity contribution in [3.05, 3.63) is 0 Å². The molecule has 0 amide bonds. The third kappa shape index (κ3) is 39.9. The van der Waals surface area contributed by atoms with Crippen LogP contribution in [0.4, 0.5) is 0 Å². The maximum absolute atomic E-state index is 9.53. The second kappa shape index (κ2) is 5.32. The molecule has 0 aromatic carbocycles. The Hall–Kier alpha value is 0.184. The van der Waals surface area contributed by atoms with Gasteiger partial charge in [-0.15, -0.1) is 0 Å². The molecule has 0 saturated carbocycles. The van der Waals surface area contributed by atoms with E-state index in [-0.39, 0.29) is 0 Å². The van der Waals surface area contributed by atoms with Gasteiger partial charge < -0.3 is 0 Å². The molecule has 0 rings (SSSR count). The molecule has 0 aromatic heterocycles. The van der Waals surface area contributed by atoms with E-state index >= 15 is 0 Å². The Morgan fingerprint density at radius 2 is 1.00 bits per heavy atom. The van der Waals surface area contributed by atoms with Crippen LogP contribution in [0.15, 0.2) is 0 Å². The standard InChI is InChI=1S/2Cr.Mn.4H2O.7O/h;;;4*1H2;;;;;;;/q2*+1;+2;;;;;;;;;;;/p-4. The fraction of sp³-hybridized carbons (Fsp3) is 0. The first-order valence-electron chi connectivity index (χ1n) is 2.01. The first-order valence-corrected chi connectivity index (χ1v) is 8.29. The van der Waals surface area contributed by atoms with Crippen LogP contribution in [-0.2, 0) is 66.3 Å². The summed E-state index contributed by atoms with van der Waals surface area (Å²) in [6, 6.07) is 0. The Balaban J connectivity index is 0. The normalized spacial score (nSPS) is 12.9. The van der Waals surface area contributed by atoms with Crippen LogP contribution in [0.25, 0.3) is 0 Å². The topological polar surface area (TPSA) is 193 Å². The Morgan fingerprint density at radius 1 is 0.857 bits per heavy atom. The molecule has 0 saturated heterocycles. The summed E-state index contributed by atoms with van der Waals surface area (Å²) in [6.45, 7) is 0. The maximum atomic E-state index is 9.53. The van der Waals surface area contributed by atoms with Gasteiger partial charge in [-0.2, -0.15) is 0 Å². The number of hydrogen-bond donors (Lipinski definition) is 4. The van der Waals surface area contributed by atoms with Gasteiger partial charge in [-0.05, 0) is 0 Å². The van der Waals surface area contributed by atoms with Gasteiger partial charge in [0.25, 0.3) is 0 Å². The summed E-state index contributed by atoms with van der Waals surface area (Å²) in [6.07, 6.45) is 0. The fourth-order valence-electron chi connectivity index (χ4n) is 0.109. The van der Waals surface area contributed by atoms with Crippen molar-refractivity contribution < 1.29 is 83.0 Å². The molecule has 0 aliphatic rings. The fourth-order valence-corrected chi connectivity index (χ4v) is 1.85. The molecule has 0 radical (unpaired) electrons. The summed E-state index contributed by atoms with van der Waals surface area (Å²) in [4.78, 5) is 0. The van der Waals surface area contributed by atoms with Crippen LogP contribution < -0.4 is 0 Å². The van der Waals surface area contributed by atoms with Crippen molar-refractivity contribution in [2.24, 2.45) is 0 Å². The van der Waals surface area contributed by atoms with Crippen molar-refractivity contribution >= 4 is 0 Å². The summed E-state index contributed by atoms with van der Waals surface area (Å²) in [5.41, 5.74) is 0. The van der Waals surface area contributed by atoms with Crippen molar-refractivity contribution in [1.82, 2.24) is 0 Å². The second-order valence-electron chi connectivity index (χ2n) is 1.34. The quantitative estimate of drug-likeness (QED) is 0.374. The van der Waals surface area contributed by atoms with Crippen molar-refractivity contribution in [3.63, 3.8) is 0 Å². The summed E-state index contributed by atoms with van der Waals surface area (Å²) in [5, 5.41) is 0. The first-order chi connectivity index (χ1) is 5.71. The third-order valence-electron chi connectivity index (χ3n) is 0.172. The zero-order valence-corrected chi connectivity index (χ0v) is 9.57. The molecule has 0 heterocycles. The van der Waals surface area contributed by atoms with Gasteiger partial charge >= 0.3 is 83.0 Å². The molecule has 14 heavy (non-hydrogen) atoms. The van der Waals surface area contributed by atoms with E-state index in [2.05, 4.69) is 2.84 Å². The summed E-state index contributed by atoms with van der Waals surface area (Å²) in [7, 11) is 0. The number of hydrogen-bond acceptors (Lipinski definition) is 7. The molecule has 0 fully saturated rings. The van der Waals surface area contributed by atoms with Gasteiger partial charge in [-0.25, -0.2) is 0 Å². The average Bonchev–Trinajstić information content (AvgIpc) is 1.42. The minimum atomic E-state index is -5.76. The molecule has 0 unspecified atom stereocenters. The Labute approximate surface area is 83.0 Å². The van der Waals surface area contributed by atoms with Crippen molar-refractivity contribution in [2.75, 3.05) is 0 Å². The predicted octanol–water partition coefficient (Wildman–Crippen LogP) is -3.02. The van der Waals surface area contributed by atoms with E-state index < -0.39 is 40.6 Å². The molecular weight excluding hydrogens is 335 g/mol. The predicted molar refractivity (Wildman–Crippen MR) is 14.1 cm³/mol. The van der Waals surface area contributed by atoms with Crippen LogP contribution in [0.2, 0.25) is 0 Å². The van der Waals surface area contributed by atoms with E-state index in [1.54, 1.807) is 0 Å². The van der Waals surface area contributed by atoms with E-state index in [9.17, 15) is 15.2 Å². The zero-order valence-electron chi connectivity index (χ0n) is 5.84. The summed E-state index contributed by atoms with van der Waals surface area (Å²) in [5.74, 6) is 0. The van der Waals surface area contributed by atoms with Gasteiger partial charge in [-0.3, -0.25) is 0 Å². The SMILES string of the molecule is [O]=[Cr](=[O])([OH])[O][Cr](=[O])(=[O])[OH].[O]=[Mn](=[O])([OH])[OH]. The van der Waals surface area contributed by atoms with E-state index in [1.165, 1.54) is 0 Å². The van der Waals surface area contributed by atoms with Crippen LogP contribution in [0.1, 0.15) is 0 Å². The Morgan fingerprint density at radius 3 is 1.00 bits per heavy atom. The van der Waals surface area contributed by atoms with E-state index in [0.717, 1.165) is 0 Å². The van der Waals surface area contributed by atoms with Crippen LogP contribution in [0.3, 0.4) is 0 Å². The zero-order chi connectivity index (χ0) is 12.2. The van der Waals surface area contributed by atoms with Crippen LogP contribution >= 0.6 is 0 Å². The molecule has 0 aromatic rings. The molecule has 4 N–H and O–H groups in total. The molecule has 0 bridgehead atoms. The van der Waals surface area contributed by atoms with Crippen molar-refractivity contribution in [2.45, 2.75) is 0 Å². The molecule has 0 aliphatic carbocycles. The van der Waals surface area contributed by atoms with Gasteiger partial charge in [0.2, 0.25) is 0 Å². The van der Waals surface area contributed by atoms with Gasteiger partial charge in [-0.1, -0.05) is 0 Å². The van der Waals surface area contributed by atoms with E-state index in [1.807, 2.05) is 0 Å². The first kappa shape index (κ1) is 16.6. The molecule has 11 nitrogen and oxygen atoms in total. The molecule has 89 valence electrons. The van der Waals surface area contributed by atoms with Gasteiger partial charge in [0, 0.05) is 0 Å². The third-order valence-corrected chi connectivity index (χ3v) is 2.92. The van der Waals surface area contributed by atoms with E-state index in [0.29, 0.717) is 0 Å². The molecule has 0 spiro atoms. The molecule has 0 aliphatic heterocycles. The minimum absolute atomic E-state index is 2.83. The Kier molecular flexibility index (Phi) is 6.31. The van der Waals surface area contributed by atoms with Crippen molar-refractivity contribution in [3.8, 4) is 0 Å². The summed E-state index contributed by atoms with van der Waals surface area (Å²) >= 11 is -16.6. The average molecular weight is 339 g/mol. The molecule has 14 heteroatoms. The second-order valence-corrected chi connectivity index (χ2v) is 6.39. The van der Waals surface area contributed by atoms with Crippen LogP contribution in [-0.4, -0.2) is 16.7 Å². The van der Waals surface area contributed by atoms with Crippen LogP contribution in [0, 0.1) is 0 Å². The molecular formula is H4Cr2MnO11. The van der Waals surface area contributed by atoms with E-state index in [4.69, 9.17) is 24.4 Å². The summed E-state index contributed by atoms with van der Waals surface area (Å²) < 4.78 is 88.1. The number of rotatable bonds is 2. The van der Waals surface area contributed by atoms with Crippen molar-refractivity contribution in [1.29, 1.82) is 0 Å². The molecule has 0 atom stereocenters. The van der Waals surface area contributed by atoms with Crippen LogP contribution in [0.5, 0.6) is 0 Å². The van der Waals surface area contributed by atoms with Gasteiger partial charge in [0.15, 0.2) is 0 Å². The van der Waals surface area contributed by atoms with Gasteiger partial charge in [0.05, 0.1) is 0 Å². The van der Waals surface area contributed by atoms with Gasteiger partial charge in [0.1, 0.15) is 0 Å².